The number of rotatable bonds is 7. The van der Waals surface area contributed by atoms with Crippen LogP contribution in [0.15, 0.2) is 60.7 Å². The molecule has 1 aliphatic heterocycles. The molecule has 0 saturated carbocycles. The van der Waals surface area contributed by atoms with E-state index in [0.29, 0.717) is 0 Å². The quantitative estimate of drug-likeness (QED) is 0.440. The van der Waals surface area contributed by atoms with Crippen molar-refractivity contribution in [3.63, 3.8) is 0 Å². The van der Waals surface area contributed by atoms with Gasteiger partial charge in [-0.15, -0.1) is 0 Å². The van der Waals surface area contributed by atoms with Crippen LogP contribution in [0, 0.1) is 0 Å². The molecule has 0 aliphatic carbocycles. The molecule has 1 fully saturated rings. The minimum absolute atomic E-state index is 0.0124. The van der Waals surface area contributed by atoms with Crippen molar-refractivity contribution in [3.8, 4) is 0 Å². The monoisotopic (exact) mass is 498 g/mol. The molecular formula is C26H30N2O8. The largest absolute Gasteiger partial charge is 0.449 e. The Morgan fingerprint density at radius 2 is 1.67 bits per heavy atom. The van der Waals surface area contributed by atoms with Crippen LogP contribution in [-0.2, 0) is 25.6 Å². The highest BCUT2D eigenvalue weighted by atomic mass is 16.6. The van der Waals surface area contributed by atoms with Crippen molar-refractivity contribution >= 4 is 24.1 Å². The van der Waals surface area contributed by atoms with Gasteiger partial charge in [-0.05, 0) is 38.5 Å². The molecule has 0 aromatic heterocycles. The number of hydrogen-bond acceptors (Lipinski definition) is 8. The summed E-state index contributed by atoms with van der Waals surface area (Å²) in [6.07, 6.45) is -3.29. The first-order valence-corrected chi connectivity index (χ1v) is 11.5. The van der Waals surface area contributed by atoms with Gasteiger partial charge in [0.2, 0.25) is 0 Å². The summed E-state index contributed by atoms with van der Waals surface area (Å²) < 4.78 is 16.0. The minimum atomic E-state index is -1.31. The third-order valence-corrected chi connectivity index (χ3v) is 5.33. The first-order valence-electron chi connectivity index (χ1n) is 11.5. The highest BCUT2D eigenvalue weighted by Crippen LogP contribution is 2.28. The predicted molar refractivity (Wildman–Crippen MR) is 128 cm³/mol. The number of benzene rings is 2. The molecular weight excluding hydrogens is 468 g/mol. The topological polar surface area (TPSA) is 131 Å². The van der Waals surface area contributed by atoms with Crippen LogP contribution >= 0.6 is 0 Å². The van der Waals surface area contributed by atoms with Crippen LogP contribution in [0.3, 0.4) is 0 Å². The second-order valence-corrected chi connectivity index (χ2v) is 9.25. The highest BCUT2D eigenvalue weighted by Gasteiger charge is 2.50. The highest BCUT2D eigenvalue weighted by molar-refractivity contribution is 5.99. The van der Waals surface area contributed by atoms with E-state index in [2.05, 4.69) is 5.32 Å². The van der Waals surface area contributed by atoms with E-state index in [1.807, 2.05) is 6.07 Å². The Labute approximate surface area is 209 Å². The number of hydrogen-bond donors (Lipinski definition) is 2. The maximum Gasteiger partial charge on any atom is 0.417 e. The molecule has 2 aromatic carbocycles. The zero-order valence-corrected chi connectivity index (χ0v) is 20.4. The van der Waals surface area contributed by atoms with Gasteiger partial charge in [0.15, 0.2) is 6.10 Å². The van der Waals surface area contributed by atoms with Gasteiger partial charge < -0.3 is 24.6 Å². The summed E-state index contributed by atoms with van der Waals surface area (Å²) in [6, 6.07) is 14.9. The van der Waals surface area contributed by atoms with Crippen LogP contribution in [0.4, 0.5) is 9.59 Å². The molecule has 2 aromatic rings. The van der Waals surface area contributed by atoms with Crippen molar-refractivity contribution in [2.45, 2.75) is 57.6 Å². The van der Waals surface area contributed by atoms with Gasteiger partial charge in [-0.1, -0.05) is 48.5 Å². The Morgan fingerprint density at radius 1 is 1.06 bits per heavy atom. The summed E-state index contributed by atoms with van der Waals surface area (Å²) in [5.41, 5.74) is 0.0729. The fraction of sp³-hybridized carbons (Fsp3) is 0.385. The SMILES string of the molecule is CC(C)(C)OC(=O)N1C(=O)[C@H](OC(=O)c2ccccc2)C[C@@H]1[C@H](CO)NC(=O)OCc1ccccc1. The number of alkyl carbamates (subject to hydrolysis) is 1. The predicted octanol–water partition coefficient (Wildman–Crippen LogP) is 3.04. The first kappa shape index (κ1) is 26.7. The van der Waals surface area contributed by atoms with Crippen LogP contribution in [0.1, 0.15) is 43.1 Å². The Balaban J connectivity index is 1.75. The molecule has 0 spiro atoms. The van der Waals surface area contributed by atoms with Gasteiger partial charge in [-0.2, -0.15) is 0 Å². The molecule has 1 aliphatic rings. The van der Waals surface area contributed by atoms with E-state index < -0.39 is 54.5 Å². The number of nitrogens with one attached hydrogen (secondary N) is 1. The summed E-state index contributed by atoms with van der Waals surface area (Å²) in [5.74, 6) is -1.55. The lowest BCUT2D eigenvalue weighted by Crippen LogP contribution is -2.54. The second kappa shape index (κ2) is 11.7. The third kappa shape index (κ3) is 7.05. The number of carbonyl (C=O) groups is 4. The maximum absolute atomic E-state index is 13.1. The van der Waals surface area contributed by atoms with E-state index in [1.165, 1.54) is 12.1 Å². The van der Waals surface area contributed by atoms with Crippen LogP contribution in [0.2, 0.25) is 0 Å². The van der Waals surface area contributed by atoms with Gasteiger partial charge in [0.25, 0.3) is 5.91 Å². The van der Waals surface area contributed by atoms with E-state index in [1.54, 1.807) is 63.2 Å². The molecule has 10 heteroatoms. The molecule has 3 amide bonds. The van der Waals surface area contributed by atoms with Crippen LogP contribution in [-0.4, -0.2) is 64.5 Å². The Kier molecular flexibility index (Phi) is 8.65. The van der Waals surface area contributed by atoms with Crippen molar-refractivity contribution in [1.82, 2.24) is 10.2 Å². The summed E-state index contributed by atoms with van der Waals surface area (Å²) >= 11 is 0. The zero-order chi connectivity index (χ0) is 26.3. The number of nitrogens with zero attached hydrogens (tertiary/aromatic N) is 1. The smallest absolute Gasteiger partial charge is 0.417 e. The summed E-state index contributed by atoms with van der Waals surface area (Å²) in [5, 5.41) is 12.5. The molecule has 0 radical (unpaired) electrons. The fourth-order valence-corrected chi connectivity index (χ4v) is 3.67. The molecule has 192 valence electrons. The number of esters is 1. The lowest BCUT2D eigenvalue weighted by molar-refractivity contribution is -0.135. The molecule has 0 bridgehead atoms. The van der Waals surface area contributed by atoms with Crippen molar-refractivity contribution in [3.05, 3.63) is 71.8 Å². The molecule has 1 heterocycles. The van der Waals surface area contributed by atoms with Crippen LogP contribution < -0.4 is 5.32 Å². The lowest BCUT2D eigenvalue weighted by Gasteiger charge is -2.31. The van der Waals surface area contributed by atoms with Gasteiger partial charge in [-0.3, -0.25) is 4.79 Å². The number of imide groups is 1. The standard InChI is InChI=1S/C26H30N2O8/c1-26(2,3)36-25(33)28-20(14-21(22(28)30)35-23(31)18-12-8-5-9-13-18)19(15-29)27-24(32)34-16-17-10-6-4-7-11-17/h4-13,19-21,29H,14-16H2,1-3H3,(H,27,32)/t19-,20+,21+/m0/s1. The van der Waals surface area contributed by atoms with Gasteiger partial charge in [0.1, 0.15) is 12.2 Å². The van der Waals surface area contributed by atoms with Gasteiger partial charge in [-0.25, -0.2) is 19.3 Å². The average molecular weight is 499 g/mol. The third-order valence-electron chi connectivity index (χ3n) is 5.33. The zero-order valence-electron chi connectivity index (χ0n) is 20.4. The Morgan fingerprint density at radius 3 is 2.25 bits per heavy atom. The molecule has 2 N–H and O–H groups in total. The first-order chi connectivity index (χ1) is 17.1. The Hall–Kier alpha value is -3.92. The second-order valence-electron chi connectivity index (χ2n) is 9.25. The summed E-state index contributed by atoms with van der Waals surface area (Å²) in [7, 11) is 0. The molecule has 3 atom stereocenters. The summed E-state index contributed by atoms with van der Waals surface area (Å²) in [4.78, 5) is 51.8. The van der Waals surface area contributed by atoms with Crippen LogP contribution in [0.5, 0.6) is 0 Å². The van der Waals surface area contributed by atoms with Gasteiger partial charge >= 0.3 is 18.2 Å². The average Bonchev–Trinajstić information content (AvgIpc) is 3.17. The number of amides is 3. The number of aliphatic hydroxyl groups is 1. The molecule has 3 rings (SSSR count). The fourth-order valence-electron chi connectivity index (χ4n) is 3.67. The lowest BCUT2D eigenvalue weighted by atomic mass is 10.1. The van der Waals surface area contributed by atoms with Gasteiger partial charge in [0, 0.05) is 6.42 Å². The van der Waals surface area contributed by atoms with E-state index in [-0.39, 0.29) is 18.6 Å². The van der Waals surface area contributed by atoms with E-state index in [4.69, 9.17) is 14.2 Å². The minimum Gasteiger partial charge on any atom is -0.449 e. The van der Waals surface area contributed by atoms with Crippen molar-refractivity contribution in [2.75, 3.05) is 6.61 Å². The van der Waals surface area contributed by atoms with Crippen molar-refractivity contribution in [2.24, 2.45) is 0 Å². The maximum atomic E-state index is 13.1. The van der Waals surface area contributed by atoms with E-state index in [9.17, 15) is 24.3 Å². The number of aliphatic hydroxyl groups excluding tert-OH is 1. The number of ether oxygens (including phenoxy) is 3. The van der Waals surface area contributed by atoms with Gasteiger partial charge in [0.05, 0.1) is 24.3 Å². The molecule has 0 unspecified atom stereocenters. The number of carbonyl (C=O) groups excluding carboxylic acids is 4. The van der Waals surface area contributed by atoms with Crippen molar-refractivity contribution < 1.29 is 38.5 Å². The molecule has 10 nitrogen and oxygen atoms in total. The summed E-state index contributed by atoms with van der Waals surface area (Å²) in [6.45, 7) is 4.28. The van der Waals surface area contributed by atoms with Crippen LogP contribution in [0.25, 0.3) is 0 Å². The number of likely N-dealkylation sites (tertiary alicyclic amines) is 1. The van der Waals surface area contributed by atoms with E-state index in [0.717, 1.165) is 10.5 Å². The normalized spacial score (nSPS) is 18.3. The van der Waals surface area contributed by atoms with Crippen molar-refractivity contribution in [1.29, 1.82) is 0 Å². The Bertz CT molecular complexity index is 1070. The molecule has 36 heavy (non-hydrogen) atoms. The van der Waals surface area contributed by atoms with E-state index >= 15 is 0 Å². The molecule has 1 saturated heterocycles.